The molecule has 0 spiro atoms. The van der Waals surface area contributed by atoms with Gasteiger partial charge in [0.2, 0.25) is 5.82 Å². The molecule has 2 aromatic carbocycles. The van der Waals surface area contributed by atoms with E-state index in [1.165, 1.54) is 16.7 Å². The first-order valence-electron chi connectivity index (χ1n) is 7.03. The van der Waals surface area contributed by atoms with Crippen molar-refractivity contribution in [2.45, 2.75) is 20.0 Å². The van der Waals surface area contributed by atoms with E-state index in [-0.39, 0.29) is 0 Å². The second-order valence-electron chi connectivity index (χ2n) is 5.38. The molecule has 4 heteroatoms. The van der Waals surface area contributed by atoms with Crippen LogP contribution in [0.3, 0.4) is 0 Å². The maximum absolute atomic E-state index is 5.42. The van der Waals surface area contributed by atoms with Gasteiger partial charge in [-0.05, 0) is 36.2 Å². The Balaban J connectivity index is 1.71. The molecule has 0 radical (unpaired) electrons. The summed E-state index contributed by atoms with van der Waals surface area (Å²) in [6.45, 7) is 3.90. The summed E-state index contributed by atoms with van der Waals surface area (Å²) < 4.78 is 5.42. The molecule has 1 aliphatic heterocycles. The Bertz CT molecular complexity index is 807. The van der Waals surface area contributed by atoms with E-state index in [0.717, 1.165) is 24.2 Å². The molecule has 3 aromatic rings. The zero-order chi connectivity index (χ0) is 14.2. The fraction of sp³-hybridized carbons (Fsp3) is 0.176. The number of rotatable bonds is 2. The van der Waals surface area contributed by atoms with Crippen LogP contribution in [-0.2, 0) is 13.1 Å². The van der Waals surface area contributed by atoms with Crippen LogP contribution < -0.4 is 5.32 Å². The second kappa shape index (κ2) is 4.82. The summed E-state index contributed by atoms with van der Waals surface area (Å²) >= 11 is 0. The van der Waals surface area contributed by atoms with E-state index in [2.05, 4.69) is 46.6 Å². The van der Waals surface area contributed by atoms with Gasteiger partial charge in [0.15, 0.2) is 0 Å². The summed E-state index contributed by atoms with van der Waals surface area (Å²) in [5, 5.41) is 7.43. The van der Waals surface area contributed by atoms with E-state index >= 15 is 0 Å². The van der Waals surface area contributed by atoms with E-state index < -0.39 is 0 Å². The maximum Gasteiger partial charge on any atom is 0.258 e. The molecule has 0 unspecified atom stereocenters. The van der Waals surface area contributed by atoms with Crippen molar-refractivity contribution >= 4 is 0 Å². The number of aromatic nitrogens is 2. The van der Waals surface area contributed by atoms with Crippen LogP contribution in [0.2, 0.25) is 0 Å². The standard InChI is InChI=1S/C17H15N3O/c1-11-3-2-4-12(7-11)16-19-17(21-20-16)13-5-6-14-9-18-10-15(14)8-13/h2-8,18H,9-10H2,1H3. The zero-order valence-electron chi connectivity index (χ0n) is 11.8. The third-order valence-corrected chi connectivity index (χ3v) is 3.79. The number of fused-ring (bicyclic) bond motifs is 1. The van der Waals surface area contributed by atoms with E-state index in [0.29, 0.717) is 11.7 Å². The van der Waals surface area contributed by atoms with Crippen molar-refractivity contribution in [1.82, 2.24) is 15.5 Å². The fourth-order valence-corrected chi connectivity index (χ4v) is 2.67. The van der Waals surface area contributed by atoms with Gasteiger partial charge < -0.3 is 9.84 Å². The first-order valence-corrected chi connectivity index (χ1v) is 7.03. The van der Waals surface area contributed by atoms with Crippen LogP contribution in [0.4, 0.5) is 0 Å². The Morgan fingerprint density at radius 1 is 1.00 bits per heavy atom. The Kier molecular flexibility index (Phi) is 2.82. The zero-order valence-corrected chi connectivity index (χ0v) is 11.8. The molecule has 4 rings (SSSR count). The third kappa shape index (κ3) is 2.23. The predicted octanol–water partition coefficient (Wildman–Crippen LogP) is 3.32. The van der Waals surface area contributed by atoms with Crippen molar-refractivity contribution < 1.29 is 4.52 Å². The van der Waals surface area contributed by atoms with Gasteiger partial charge in [-0.15, -0.1) is 0 Å². The van der Waals surface area contributed by atoms with Crippen LogP contribution in [0.1, 0.15) is 16.7 Å². The lowest BCUT2D eigenvalue weighted by molar-refractivity contribution is 0.432. The predicted molar refractivity (Wildman–Crippen MR) is 80.5 cm³/mol. The number of hydrogen-bond acceptors (Lipinski definition) is 4. The smallest absolute Gasteiger partial charge is 0.258 e. The molecule has 1 aromatic heterocycles. The molecule has 1 N–H and O–H groups in total. The number of aryl methyl sites for hydroxylation is 1. The number of hydrogen-bond donors (Lipinski definition) is 1. The van der Waals surface area contributed by atoms with Crippen molar-refractivity contribution in [3.05, 3.63) is 59.2 Å². The minimum atomic E-state index is 0.571. The van der Waals surface area contributed by atoms with Crippen LogP contribution in [0, 0.1) is 6.92 Å². The van der Waals surface area contributed by atoms with Crippen LogP contribution >= 0.6 is 0 Å². The van der Waals surface area contributed by atoms with Gasteiger partial charge in [-0.25, -0.2) is 0 Å². The molecule has 0 saturated heterocycles. The van der Waals surface area contributed by atoms with Crippen LogP contribution in [-0.4, -0.2) is 10.1 Å². The number of benzene rings is 2. The summed E-state index contributed by atoms with van der Waals surface area (Å²) in [4.78, 5) is 4.52. The molecule has 4 nitrogen and oxygen atoms in total. The summed E-state index contributed by atoms with van der Waals surface area (Å²) in [6.07, 6.45) is 0. The monoisotopic (exact) mass is 277 g/mol. The molecule has 104 valence electrons. The van der Waals surface area contributed by atoms with Crippen LogP contribution in [0.5, 0.6) is 0 Å². The summed E-state index contributed by atoms with van der Waals surface area (Å²) in [5.41, 5.74) is 5.79. The van der Waals surface area contributed by atoms with Crippen LogP contribution in [0.15, 0.2) is 47.0 Å². The van der Waals surface area contributed by atoms with Crippen molar-refractivity contribution in [2.24, 2.45) is 0 Å². The topological polar surface area (TPSA) is 51.0 Å². The maximum atomic E-state index is 5.42. The number of nitrogens with one attached hydrogen (secondary N) is 1. The van der Waals surface area contributed by atoms with E-state index in [1.54, 1.807) is 0 Å². The van der Waals surface area contributed by atoms with Gasteiger partial charge in [0.25, 0.3) is 5.89 Å². The molecular formula is C17H15N3O. The number of nitrogens with zero attached hydrogens (tertiary/aromatic N) is 2. The Morgan fingerprint density at radius 3 is 2.81 bits per heavy atom. The molecule has 21 heavy (non-hydrogen) atoms. The van der Waals surface area contributed by atoms with Crippen molar-refractivity contribution in [3.63, 3.8) is 0 Å². The van der Waals surface area contributed by atoms with E-state index in [9.17, 15) is 0 Å². The highest BCUT2D eigenvalue weighted by molar-refractivity contribution is 5.61. The molecule has 0 aliphatic carbocycles. The molecule has 0 bridgehead atoms. The largest absolute Gasteiger partial charge is 0.334 e. The van der Waals surface area contributed by atoms with Gasteiger partial charge in [-0.1, -0.05) is 35.0 Å². The van der Waals surface area contributed by atoms with Crippen molar-refractivity contribution in [1.29, 1.82) is 0 Å². The van der Waals surface area contributed by atoms with E-state index in [1.807, 2.05) is 18.2 Å². The average Bonchev–Trinajstić information content (AvgIpc) is 3.15. The lowest BCUT2D eigenvalue weighted by atomic mass is 10.1. The second-order valence-corrected chi connectivity index (χ2v) is 5.38. The van der Waals surface area contributed by atoms with Crippen molar-refractivity contribution in [3.8, 4) is 22.8 Å². The Morgan fingerprint density at radius 2 is 1.90 bits per heavy atom. The first-order chi connectivity index (χ1) is 10.3. The van der Waals surface area contributed by atoms with E-state index in [4.69, 9.17) is 4.52 Å². The normalized spacial score (nSPS) is 13.4. The lowest BCUT2D eigenvalue weighted by Crippen LogP contribution is -1.99. The molecule has 0 amide bonds. The first kappa shape index (κ1) is 12.3. The molecule has 1 aliphatic rings. The summed E-state index contributed by atoms with van der Waals surface area (Å²) in [7, 11) is 0. The van der Waals surface area contributed by atoms with Gasteiger partial charge in [0.1, 0.15) is 0 Å². The molecule has 0 fully saturated rings. The molecule has 0 atom stereocenters. The van der Waals surface area contributed by atoms with Gasteiger partial charge >= 0.3 is 0 Å². The highest BCUT2D eigenvalue weighted by atomic mass is 16.5. The van der Waals surface area contributed by atoms with Gasteiger partial charge in [0, 0.05) is 24.2 Å². The third-order valence-electron chi connectivity index (χ3n) is 3.79. The Labute approximate surface area is 122 Å². The fourth-order valence-electron chi connectivity index (χ4n) is 2.67. The van der Waals surface area contributed by atoms with Gasteiger partial charge in [-0.2, -0.15) is 4.98 Å². The summed E-state index contributed by atoms with van der Waals surface area (Å²) in [5.74, 6) is 1.20. The molecule has 0 saturated carbocycles. The molecular weight excluding hydrogens is 262 g/mol. The summed E-state index contributed by atoms with van der Waals surface area (Å²) in [6, 6.07) is 14.4. The van der Waals surface area contributed by atoms with Crippen molar-refractivity contribution in [2.75, 3.05) is 0 Å². The van der Waals surface area contributed by atoms with Gasteiger partial charge in [-0.3, -0.25) is 0 Å². The Hall–Kier alpha value is -2.46. The minimum Gasteiger partial charge on any atom is -0.334 e. The lowest BCUT2D eigenvalue weighted by Gasteiger charge is -1.99. The van der Waals surface area contributed by atoms with Gasteiger partial charge in [0.05, 0.1) is 0 Å². The quantitative estimate of drug-likeness (QED) is 0.780. The average molecular weight is 277 g/mol. The highest BCUT2D eigenvalue weighted by Crippen LogP contribution is 2.26. The highest BCUT2D eigenvalue weighted by Gasteiger charge is 2.15. The minimum absolute atomic E-state index is 0.571. The van der Waals surface area contributed by atoms with Crippen LogP contribution in [0.25, 0.3) is 22.8 Å². The molecule has 2 heterocycles. The SMILES string of the molecule is Cc1cccc(-c2noc(-c3ccc4c(c3)CNC4)n2)c1.